The first-order chi connectivity index (χ1) is 9.74. The molecule has 0 spiro atoms. The zero-order valence-electron chi connectivity index (χ0n) is 11.1. The number of thiophene rings is 1. The molecule has 0 aliphatic heterocycles. The van der Waals surface area contributed by atoms with Crippen LogP contribution in [0.5, 0.6) is 0 Å². The number of aryl methyl sites for hydroxylation is 1. The Morgan fingerprint density at radius 2 is 2.05 bits per heavy atom. The molecule has 3 rings (SSSR count). The van der Waals surface area contributed by atoms with Crippen molar-refractivity contribution in [2.24, 2.45) is 0 Å². The summed E-state index contributed by atoms with van der Waals surface area (Å²) in [5, 5.41) is 6.69. The Morgan fingerprint density at radius 3 is 2.90 bits per heavy atom. The molecule has 0 amide bonds. The number of anilines is 1. The maximum atomic E-state index is 5.95. The molecule has 1 aromatic carbocycles. The molecule has 102 valence electrons. The highest BCUT2D eigenvalue weighted by atomic mass is 35.5. The zero-order valence-corrected chi connectivity index (χ0v) is 12.6. The molecule has 0 saturated heterocycles. The van der Waals surface area contributed by atoms with Gasteiger partial charge in [-0.15, -0.1) is 11.3 Å². The standard InChI is InChI=1S/C15H14ClN3S/c1-10-4-2-3-5-11(10)6-8-17-13-12-7-9-20-14(12)19-15(16)18-13/h2-5,7,9H,6,8H2,1H3,(H,17,18,19). The Balaban J connectivity index is 1.74. The van der Waals surface area contributed by atoms with Gasteiger partial charge in [-0.05, 0) is 47.5 Å². The Hall–Kier alpha value is -1.65. The highest BCUT2D eigenvalue weighted by Crippen LogP contribution is 2.26. The van der Waals surface area contributed by atoms with Gasteiger partial charge in [-0.3, -0.25) is 0 Å². The summed E-state index contributed by atoms with van der Waals surface area (Å²) >= 11 is 7.52. The van der Waals surface area contributed by atoms with Crippen LogP contribution in [0, 0.1) is 6.92 Å². The fraction of sp³-hybridized carbons (Fsp3) is 0.200. The van der Waals surface area contributed by atoms with Crippen molar-refractivity contribution in [3.05, 3.63) is 52.1 Å². The van der Waals surface area contributed by atoms with Crippen molar-refractivity contribution in [3.63, 3.8) is 0 Å². The van der Waals surface area contributed by atoms with Crippen molar-refractivity contribution in [1.82, 2.24) is 9.97 Å². The molecule has 0 saturated carbocycles. The average molecular weight is 304 g/mol. The molecule has 3 nitrogen and oxygen atoms in total. The third kappa shape index (κ3) is 2.76. The maximum absolute atomic E-state index is 5.95. The van der Waals surface area contributed by atoms with Gasteiger partial charge in [-0.2, -0.15) is 0 Å². The van der Waals surface area contributed by atoms with Gasteiger partial charge in [0.1, 0.15) is 10.6 Å². The quantitative estimate of drug-likeness (QED) is 0.730. The van der Waals surface area contributed by atoms with E-state index in [-0.39, 0.29) is 0 Å². The topological polar surface area (TPSA) is 37.8 Å². The van der Waals surface area contributed by atoms with Crippen LogP contribution in [0.15, 0.2) is 35.7 Å². The number of rotatable bonds is 4. The number of halogens is 1. The second-order valence-electron chi connectivity index (χ2n) is 4.58. The van der Waals surface area contributed by atoms with Crippen molar-refractivity contribution >= 4 is 39.0 Å². The van der Waals surface area contributed by atoms with Crippen molar-refractivity contribution < 1.29 is 0 Å². The summed E-state index contributed by atoms with van der Waals surface area (Å²) in [6.45, 7) is 2.96. The van der Waals surface area contributed by atoms with Crippen molar-refractivity contribution in [3.8, 4) is 0 Å². The first kappa shape index (κ1) is 13.3. The minimum absolute atomic E-state index is 0.290. The van der Waals surface area contributed by atoms with Crippen LogP contribution < -0.4 is 5.32 Å². The maximum Gasteiger partial charge on any atom is 0.225 e. The van der Waals surface area contributed by atoms with Crippen LogP contribution in [-0.4, -0.2) is 16.5 Å². The van der Waals surface area contributed by atoms with E-state index in [1.54, 1.807) is 11.3 Å². The molecule has 0 atom stereocenters. The molecule has 3 aromatic rings. The Bertz CT molecular complexity index is 739. The largest absolute Gasteiger partial charge is 0.369 e. The lowest BCUT2D eigenvalue weighted by Crippen LogP contribution is -2.07. The molecule has 0 bridgehead atoms. The fourth-order valence-corrected chi connectivity index (χ4v) is 3.15. The highest BCUT2D eigenvalue weighted by molar-refractivity contribution is 7.16. The summed E-state index contributed by atoms with van der Waals surface area (Å²) < 4.78 is 0. The molecule has 2 heterocycles. The highest BCUT2D eigenvalue weighted by Gasteiger charge is 2.07. The Kier molecular flexibility index (Phi) is 3.85. The molecule has 5 heteroatoms. The molecule has 1 N–H and O–H groups in total. The van der Waals surface area contributed by atoms with Crippen molar-refractivity contribution in [2.75, 3.05) is 11.9 Å². The second-order valence-corrected chi connectivity index (χ2v) is 5.82. The van der Waals surface area contributed by atoms with E-state index >= 15 is 0 Å². The first-order valence-electron chi connectivity index (χ1n) is 6.43. The number of aromatic nitrogens is 2. The molecule has 0 aliphatic carbocycles. The monoisotopic (exact) mass is 303 g/mol. The second kappa shape index (κ2) is 5.77. The van der Waals surface area contributed by atoms with E-state index in [0.29, 0.717) is 5.28 Å². The molecule has 0 radical (unpaired) electrons. The van der Waals surface area contributed by atoms with Crippen LogP contribution in [0.3, 0.4) is 0 Å². The number of benzene rings is 1. The summed E-state index contributed by atoms with van der Waals surface area (Å²) in [4.78, 5) is 9.41. The minimum Gasteiger partial charge on any atom is -0.369 e. The number of fused-ring (bicyclic) bond motifs is 1. The van der Waals surface area contributed by atoms with Gasteiger partial charge in [0.15, 0.2) is 0 Å². The summed E-state index contributed by atoms with van der Waals surface area (Å²) in [5.41, 5.74) is 2.66. The zero-order chi connectivity index (χ0) is 13.9. The fourth-order valence-electron chi connectivity index (χ4n) is 2.17. The van der Waals surface area contributed by atoms with Crippen LogP contribution in [-0.2, 0) is 6.42 Å². The van der Waals surface area contributed by atoms with Crippen molar-refractivity contribution in [1.29, 1.82) is 0 Å². The van der Waals surface area contributed by atoms with Gasteiger partial charge in [0.25, 0.3) is 0 Å². The molecular formula is C15H14ClN3S. The molecule has 2 aromatic heterocycles. The van der Waals surface area contributed by atoms with Gasteiger partial charge in [0, 0.05) is 6.54 Å². The average Bonchev–Trinajstić information content (AvgIpc) is 2.89. The molecule has 20 heavy (non-hydrogen) atoms. The van der Waals surface area contributed by atoms with E-state index < -0.39 is 0 Å². The van der Waals surface area contributed by atoms with Gasteiger partial charge in [-0.1, -0.05) is 24.3 Å². The summed E-state index contributed by atoms with van der Waals surface area (Å²) in [5.74, 6) is 0.815. The molecule has 0 fully saturated rings. The smallest absolute Gasteiger partial charge is 0.225 e. The van der Waals surface area contributed by atoms with E-state index in [2.05, 4.69) is 46.5 Å². The summed E-state index contributed by atoms with van der Waals surface area (Å²) in [7, 11) is 0. The van der Waals surface area contributed by atoms with E-state index in [4.69, 9.17) is 11.6 Å². The van der Waals surface area contributed by atoms with Crippen LogP contribution in [0.4, 0.5) is 5.82 Å². The lowest BCUT2D eigenvalue weighted by Gasteiger charge is -2.08. The summed E-state index contributed by atoms with van der Waals surface area (Å²) in [6.07, 6.45) is 0.958. The van der Waals surface area contributed by atoms with E-state index in [9.17, 15) is 0 Å². The van der Waals surface area contributed by atoms with Gasteiger partial charge in [0.05, 0.1) is 5.39 Å². The van der Waals surface area contributed by atoms with Crippen LogP contribution in [0.25, 0.3) is 10.2 Å². The van der Waals surface area contributed by atoms with Gasteiger partial charge in [0.2, 0.25) is 5.28 Å². The van der Waals surface area contributed by atoms with Crippen LogP contribution >= 0.6 is 22.9 Å². The molecule has 0 unspecified atom stereocenters. The third-order valence-electron chi connectivity index (χ3n) is 3.25. The predicted molar refractivity (Wildman–Crippen MR) is 85.8 cm³/mol. The number of nitrogens with one attached hydrogen (secondary N) is 1. The van der Waals surface area contributed by atoms with E-state index in [0.717, 1.165) is 29.0 Å². The van der Waals surface area contributed by atoms with Crippen LogP contribution in [0.1, 0.15) is 11.1 Å². The number of hydrogen-bond acceptors (Lipinski definition) is 4. The first-order valence-corrected chi connectivity index (χ1v) is 7.69. The molecule has 0 aliphatic rings. The lowest BCUT2D eigenvalue weighted by atomic mass is 10.1. The van der Waals surface area contributed by atoms with Crippen LogP contribution in [0.2, 0.25) is 5.28 Å². The number of hydrogen-bond donors (Lipinski definition) is 1. The Morgan fingerprint density at radius 1 is 1.20 bits per heavy atom. The normalized spacial score (nSPS) is 10.9. The lowest BCUT2D eigenvalue weighted by molar-refractivity contribution is 0.994. The van der Waals surface area contributed by atoms with Gasteiger partial charge in [-0.25, -0.2) is 9.97 Å². The third-order valence-corrected chi connectivity index (χ3v) is 4.22. The van der Waals surface area contributed by atoms with Gasteiger partial charge >= 0.3 is 0 Å². The van der Waals surface area contributed by atoms with Gasteiger partial charge < -0.3 is 5.32 Å². The minimum atomic E-state index is 0.290. The Labute approximate surface area is 126 Å². The summed E-state index contributed by atoms with van der Waals surface area (Å²) in [6, 6.07) is 10.4. The van der Waals surface area contributed by atoms with E-state index in [1.807, 2.05) is 11.4 Å². The van der Waals surface area contributed by atoms with Crippen molar-refractivity contribution in [2.45, 2.75) is 13.3 Å². The molecular weight excluding hydrogens is 290 g/mol. The number of nitrogens with zero attached hydrogens (tertiary/aromatic N) is 2. The van der Waals surface area contributed by atoms with E-state index in [1.165, 1.54) is 11.1 Å². The SMILES string of the molecule is Cc1ccccc1CCNc1nc(Cl)nc2sccc12. The predicted octanol–water partition coefficient (Wildman–Crippen LogP) is 4.31.